The molecule has 1 fully saturated rings. The Morgan fingerprint density at radius 2 is 2.04 bits per heavy atom. The number of carbonyl (C=O) groups is 1. The molecule has 1 aliphatic carbocycles. The van der Waals surface area contributed by atoms with Crippen molar-refractivity contribution >= 4 is 29.0 Å². The van der Waals surface area contributed by atoms with Crippen molar-refractivity contribution in [3.63, 3.8) is 0 Å². The summed E-state index contributed by atoms with van der Waals surface area (Å²) in [6.07, 6.45) is 4.84. The van der Waals surface area contributed by atoms with E-state index in [2.05, 4.69) is 22.6 Å². The maximum absolute atomic E-state index is 12.4. The van der Waals surface area contributed by atoms with Gasteiger partial charge in [-0.25, -0.2) is 4.98 Å². The standard InChI is InChI=1S/C19H24N2OS2/c1-13-5-3-4-6-18(13)21-19(22)15-7-9-17(10-8-15)24-12-16-11-23-14(2)20-16/h7-11,13,18H,3-6,12H2,1-2H3,(H,21,22). The molecule has 1 saturated carbocycles. The molecule has 0 radical (unpaired) electrons. The Bertz CT molecular complexity index is 681. The molecule has 1 N–H and O–H groups in total. The van der Waals surface area contributed by atoms with Gasteiger partial charge >= 0.3 is 0 Å². The van der Waals surface area contributed by atoms with Gasteiger partial charge in [0.05, 0.1) is 10.7 Å². The van der Waals surface area contributed by atoms with E-state index in [1.807, 2.05) is 31.2 Å². The molecular formula is C19H24N2OS2. The highest BCUT2D eigenvalue weighted by molar-refractivity contribution is 7.98. The summed E-state index contributed by atoms with van der Waals surface area (Å²) in [5.74, 6) is 1.51. The molecule has 1 aliphatic rings. The van der Waals surface area contributed by atoms with Gasteiger partial charge in [0.2, 0.25) is 0 Å². The zero-order chi connectivity index (χ0) is 16.9. The molecule has 1 amide bonds. The first-order valence-corrected chi connectivity index (χ1v) is 10.4. The molecule has 2 aromatic rings. The third-order valence-electron chi connectivity index (χ3n) is 4.60. The molecule has 0 spiro atoms. The highest BCUT2D eigenvalue weighted by Gasteiger charge is 2.23. The van der Waals surface area contributed by atoms with E-state index < -0.39 is 0 Å². The number of nitrogens with one attached hydrogen (secondary N) is 1. The molecule has 24 heavy (non-hydrogen) atoms. The summed E-state index contributed by atoms with van der Waals surface area (Å²) in [5.41, 5.74) is 1.87. The van der Waals surface area contributed by atoms with Crippen molar-refractivity contribution in [3.05, 3.63) is 45.9 Å². The summed E-state index contributed by atoms with van der Waals surface area (Å²) in [4.78, 5) is 18.1. The number of hydrogen-bond acceptors (Lipinski definition) is 4. The maximum atomic E-state index is 12.4. The second-order valence-electron chi connectivity index (χ2n) is 6.51. The van der Waals surface area contributed by atoms with Gasteiger partial charge in [0.15, 0.2) is 0 Å². The number of hydrogen-bond donors (Lipinski definition) is 1. The molecule has 0 bridgehead atoms. The van der Waals surface area contributed by atoms with Crippen LogP contribution in [0.3, 0.4) is 0 Å². The van der Waals surface area contributed by atoms with Crippen molar-refractivity contribution in [1.82, 2.24) is 10.3 Å². The number of thiazole rings is 1. The first kappa shape index (κ1) is 17.5. The summed E-state index contributed by atoms with van der Waals surface area (Å²) >= 11 is 3.44. The number of rotatable bonds is 5. The van der Waals surface area contributed by atoms with Crippen molar-refractivity contribution in [3.8, 4) is 0 Å². The molecule has 3 nitrogen and oxygen atoms in total. The minimum absolute atomic E-state index is 0.0560. The summed E-state index contributed by atoms with van der Waals surface area (Å²) in [5, 5.41) is 6.42. The van der Waals surface area contributed by atoms with Crippen LogP contribution in [0.5, 0.6) is 0 Å². The van der Waals surface area contributed by atoms with E-state index in [1.54, 1.807) is 23.1 Å². The quantitative estimate of drug-likeness (QED) is 0.759. The van der Waals surface area contributed by atoms with Crippen LogP contribution in [0.15, 0.2) is 34.5 Å². The molecule has 1 heterocycles. The van der Waals surface area contributed by atoms with Crippen LogP contribution in [0.4, 0.5) is 0 Å². The van der Waals surface area contributed by atoms with Crippen molar-refractivity contribution in [1.29, 1.82) is 0 Å². The van der Waals surface area contributed by atoms with Crippen molar-refractivity contribution in [2.24, 2.45) is 5.92 Å². The van der Waals surface area contributed by atoms with E-state index in [4.69, 9.17) is 0 Å². The molecule has 1 aromatic carbocycles. The molecule has 3 rings (SSSR count). The van der Waals surface area contributed by atoms with Gasteiger partial charge in [-0.15, -0.1) is 23.1 Å². The average molecular weight is 361 g/mol. The number of aromatic nitrogens is 1. The minimum Gasteiger partial charge on any atom is -0.349 e. The van der Waals surface area contributed by atoms with E-state index >= 15 is 0 Å². The van der Waals surface area contributed by atoms with Crippen molar-refractivity contribution < 1.29 is 4.79 Å². The van der Waals surface area contributed by atoms with Gasteiger partial charge < -0.3 is 5.32 Å². The second-order valence-corrected chi connectivity index (χ2v) is 8.62. The van der Waals surface area contributed by atoms with Crippen molar-refractivity contribution in [2.45, 2.75) is 56.2 Å². The Labute approximate surface area is 152 Å². The zero-order valence-electron chi connectivity index (χ0n) is 14.2. The SMILES string of the molecule is Cc1nc(CSc2ccc(C(=O)NC3CCCCC3C)cc2)cs1. The van der Waals surface area contributed by atoms with Crippen LogP contribution in [-0.4, -0.2) is 16.9 Å². The number of carbonyl (C=O) groups excluding carboxylic acids is 1. The molecule has 2 unspecified atom stereocenters. The van der Waals surface area contributed by atoms with Gasteiger partial charge in [-0.05, 0) is 49.9 Å². The Hall–Kier alpha value is -1.33. The first-order valence-electron chi connectivity index (χ1n) is 8.56. The van der Waals surface area contributed by atoms with E-state index in [0.717, 1.165) is 28.4 Å². The Morgan fingerprint density at radius 3 is 2.71 bits per heavy atom. The smallest absolute Gasteiger partial charge is 0.251 e. The lowest BCUT2D eigenvalue weighted by atomic mass is 9.86. The minimum atomic E-state index is 0.0560. The number of thioether (sulfide) groups is 1. The lowest BCUT2D eigenvalue weighted by molar-refractivity contribution is 0.0910. The van der Waals surface area contributed by atoms with Gasteiger partial charge in [0.25, 0.3) is 5.91 Å². The van der Waals surface area contributed by atoms with E-state index in [0.29, 0.717) is 12.0 Å². The average Bonchev–Trinajstić information content (AvgIpc) is 3.01. The van der Waals surface area contributed by atoms with Gasteiger partial charge in [-0.1, -0.05) is 19.8 Å². The first-order chi connectivity index (χ1) is 11.6. The van der Waals surface area contributed by atoms with Crippen LogP contribution in [0.25, 0.3) is 0 Å². The van der Waals surface area contributed by atoms with Gasteiger partial charge in [0, 0.05) is 27.6 Å². The maximum Gasteiger partial charge on any atom is 0.251 e. The number of amides is 1. The molecule has 2 atom stereocenters. The molecular weight excluding hydrogens is 336 g/mol. The Balaban J connectivity index is 1.54. The van der Waals surface area contributed by atoms with Crippen LogP contribution in [0.1, 0.15) is 53.7 Å². The number of aryl methyl sites for hydroxylation is 1. The van der Waals surface area contributed by atoms with E-state index in [9.17, 15) is 4.79 Å². The van der Waals surface area contributed by atoms with Crippen LogP contribution in [0, 0.1) is 12.8 Å². The lowest BCUT2D eigenvalue weighted by Crippen LogP contribution is -2.41. The lowest BCUT2D eigenvalue weighted by Gasteiger charge is -2.29. The van der Waals surface area contributed by atoms with Crippen LogP contribution < -0.4 is 5.32 Å². The molecule has 128 valence electrons. The number of nitrogens with zero attached hydrogens (tertiary/aromatic N) is 1. The topological polar surface area (TPSA) is 42.0 Å². The fraction of sp³-hybridized carbons (Fsp3) is 0.474. The normalized spacial score (nSPS) is 20.8. The van der Waals surface area contributed by atoms with Gasteiger partial charge in [-0.2, -0.15) is 0 Å². The summed E-state index contributed by atoms with van der Waals surface area (Å²) < 4.78 is 0. The second kappa shape index (κ2) is 8.17. The van der Waals surface area contributed by atoms with Crippen LogP contribution >= 0.6 is 23.1 Å². The monoisotopic (exact) mass is 360 g/mol. The van der Waals surface area contributed by atoms with Crippen LogP contribution in [0.2, 0.25) is 0 Å². The fourth-order valence-corrected chi connectivity index (χ4v) is 4.63. The molecule has 0 saturated heterocycles. The molecule has 0 aliphatic heterocycles. The highest BCUT2D eigenvalue weighted by atomic mass is 32.2. The third-order valence-corrected chi connectivity index (χ3v) is 6.47. The predicted molar refractivity (Wildman–Crippen MR) is 102 cm³/mol. The highest BCUT2D eigenvalue weighted by Crippen LogP contribution is 2.25. The van der Waals surface area contributed by atoms with E-state index in [1.165, 1.54) is 24.2 Å². The predicted octanol–water partition coefficient (Wildman–Crippen LogP) is 5.05. The Morgan fingerprint density at radius 1 is 1.29 bits per heavy atom. The van der Waals surface area contributed by atoms with Crippen molar-refractivity contribution in [2.75, 3.05) is 0 Å². The summed E-state index contributed by atoms with van der Waals surface area (Å²) in [6, 6.07) is 8.24. The number of benzene rings is 1. The summed E-state index contributed by atoms with van der Waals surface area (Å²) in [7, 11) is 0. The zero-order valence-corrected chi connectivity index (χ0v) is 15.9. The molecule has 1 aromatic heterocycles. The van der Waals surface area contributed by atoms with Crippen LogP contribution in [-0.2, 0) is 5.75 Å². The Kier molecular flexibility index (Phi) is 5.95. The van der Waals surface area contributed by atoms with E-state index in [-0.39, 0.29) is 5.91 Å². The van der Waals surface area contributed by atoms with Gasteiger partial charge in [0.1, 0.15) is 0 Å². The van der Waals surface area contributed by atoms with Gasteiger partial charge in [-0.3, -0.25) is 4.79 Å². The largest absolute Gasteiger partial charge is 0.349 e. The summed E-state index contributed by atoms with van der Waals surface area (Å²) in [6.45, 7) is 4.27. The third kappa shape index (κ3) is 4.61. The molecule has 5 heteroatoms. The fourth-order valence-electron chi connectivity index (χ4n) is 3.12.